The lowest BCUT2D eigenvalue weighted by atomic mass is 10.1. The zero-order chi connectivity index (χ0) is 25.5. The topological polar surface area (TPSA) is 79.3 Å². The fraction of sp³-hybridized carbons (Fsp3) is 0.148. The number of hydrogen-bond donors (Lipinski definition) is 2. The molecule has 36 heavy (non-hydrogen) atoms. The van der Waals surface area contributed by atoms with E-state index in [0.717, 1.165) is 15.7 Å². The number of hydrogen-bond acceptors (Lipinski definition) is 3. The van der Waals surface area contributed by atoms with E-state index in [1.165, 1.54) is 4.90 Å². The Bertz CT molecular complexity index is 1320. The van der Waals surface area contributed by atoms with Crippen LogP contribution in [-0.4, -0.2) is 39.7 Å². The van der Waals surface area contributed by atoms with Crippen molar-refractivity contribution in [3.8, 4) is 16.9 Å². The van der Waals surface area contributed by atoms with Gasteiger partial charge in [0.05, 0.1) is 11.4 Å². The molecule has 0 saturated heterocycles. The van der Waals surface area contributed by atoms with Crippen LogP contribution in [0, 0.1) is 0 Å². The number of benzene rings is 3. The molecule has 0 bridgehead atoms. The smallest absolute Gasteiger partial charge is 0.315 e. The molecule has 9 heteroatoms. The third-order valence-electron chi connectivity index (χ3n) is 5.33. The van der Waals surface area contributed by atoms with Crippen molar-refractivity contribution in [2.24, 2.45) is 0 Å². The monoisotopic (exact) mass is 565 g/mol. The highest BCUT2D eigenvalue weighted by atomic mass is 79.9. The summed E-state index contributed by atoms with van der Waals surface area (Å²) in [7, 11) is 0. The molecule has 4 aromatic rings. The Labute approximate surface area is 223 Å². The van der Waals surface area contributed by atoms with Crippen molar-refractivity contribution in [1.82, 2.24) is 14.7 Å². The second-order valence-electron chi connectivity index (χ2n) is 8.08. The van der Waals surface area contributed by atoms with Crippen LogP contribution in [0.2, 0.25) is 5.02 Å². The molecule has 0 radical (unpaired) electrons. The van der Waals surface area contributed by atoms with Gasteiger partial charge < -0.3 is 15.5 Å². The average molecular weight is 567 g/mol. The first kappa shape index (κ1) is 25.5. The van der Waals surface area contributed by atoms with Gasteiger partial charge in [0.2, 0.25) is 5.91 Å². The van der Waals surface area contributed by atoms with Crippen LogP contribution in [0.25, 0.3) is 16.9 Å². The number of urea groups is 1. The van der Waals surface area contributed by atoms with Gasteiger partial charge in [0.25, 0.3) is 0 Å². The van der Waals surface area contributed by atoms with Gasteiger partial charge in [0, 0.05) is 33.4 Å². The number of rotatable bonds is 8. The van der Waals surface area contributed by atoms with Crippen LogP contribution in [0.4, 0.5) is 16.3 Å². The molecule has 0 atom stereocenters. The second kappa shape index (κ2) is 11.9. The molecular formula is C27H25BrClN5O2. The van der Waals surface area contributed by atoms with Gasteiger partial charge in [-0.15, -0.1) is 0 Å². The molecule has 0 aliphatic carbocycles. The number of carbonyl (C=O) groups excluding carboxylic acids is 2. The highest BCUT2D eigenvalue weighted by Gasteiger charge is 2.19. The summed E-state index contributed by atoms with van der Waals surface area (Å²) in [6, 6.07) is 25.6. The number of halogens is 2. The van der Waals surface area contributed by atoms with Crippen LogP contribution in [0.1, 0.15) is 13.3 Å². The third kappa shape index (κ3) is 6.53. The highest BCUT2D eigenvalue weighted by molar-refractivity contribution is 9.10. The van der Waals surface area contributed by atoms with Gasteiger partial charge in [0.15, 0.2) is 0 Å². The first-order valence-electron chi connectivity index (χ1n) is 11.5. The maximum absolute atomic E-state index is 13.1. The van der Waals surface area contributed by atoms with E-state index >= 15 is 0 Å². The van der Waals surface area contributed by atoms with Crippen molar-refractivity contribution in [2.45, 2.75) is 13.3 Å². The zero-order valence-electron chi connectivity index (χ0n) is 19.6. The number of nitrogens with zero attached hydrogens (tertiary/aromatic N) is 3. The molecule has 3 aromatic carbocycles. The van der Waals surface area contributed by atoms with Gasteiger partial charge in [-0.1, -0.05) is 64.8 Å². The SMILES string of the molecule is CCCN(CC(=O)Nc1cc(-c2ccccc2)nn1-c1ccc(Cl)cc1)C(=O)Nc1ccc(Br)cc1. The van der Waals surface area contributed by atoms with Gasteiger partial charge in [-0.25, -0.2) is 9.48 Å². The van der Waals surface area contributed by atoms with Crippen LogP contribution >= 0.6 is 27.5 Å². The number of amides is 3. The summed E-state index contributed by atoms with van der Waals surface area (Å²) in [6.45, 7) is 2.28. The van der Waals surface area contributed by atoms with E-state index in [2.05, 4.69) is 26.6 Å². The molecule has 2 N–H and O–H groups in total. The number of aromatic nitrogens is 2. The maximum atomic E-state index is 13.1. The fourth-order valence-corrected chi connectivity index (χ4v) is 4.00. The van der Waals surface area contributed by atoms with Crippen molar-refractivity contribution in [2.75, 3.05) is 23.7 Å². The zero-order valence-corrected chi connectivity index (χ0v) is 22.0. The van der Waals surface area contributed by atoms with Crippen molar-refractivity contribution in [1.29, 1.82) is 0 Å². The van der Waals surface area contributed by atoms with E-state index in [-0.39, 0.29) is 18.5 Å². The predicted octanol–water partition coefficient (Wildman–Crippen LogP) is 6.84. The molecule has 0 aliphatic heterocycles. The molecule has 0 fully saturated rings. The molecule has 1 aromatic heterocycles. The van der Waals surface area contributed by atoms with Gasteiger partial charge in [-0.3, -0.25) is 4.79 Å². The van der Waals surface area contributed by atoms with E-state index in [1.807, 2.05) is 67.6 Å². The lowest BCUT2D eigenvalue weighted by Gasteiger charge is -2.22. The average Bonchev–Trinajstić information content (AvgIpc) is 3.29. The van der Waals surface area contributed by atoms with Crippen molar-refractivity contribution >= 4 is 51.0 Å². The Balaban J connectivity index is 1.54. The van der Waals surface area contributed by atoms with Crippen molar-refractivity contribution in [3.05, 3.63) is 94.4 Å². The molecule has 0 unspecified atom stereocenters. The summed E-state index contributed by atoms with van der Waals surface area (Å²) in [4.78, 5) is 27.4. The molecule has 3 amide bonds. The first-order valence-corrected chi connectivity index (χ1v) is 12.6. The van der Waals surface area contributed by atoms with E-state index < -0.39 is 0 Å². The fourth-order valence-electron chi connectivity index (χ4n) is 3.61. The summed E-state index contributed by atoms with van der Waals surface area (Å²) in [5.41, 5.74) is 3.02. The minimum atomic E-state index is -0.342. The normalized spacial score (nSPS) is 10.6. The number of nitrogens with one attached hydrogen (secondary N) is 2. The van der Waals surface area contributed by atoms with Crippen molar-refractivity contribution < 1.29 is 9.59 Å². The molecule has 4 rings (SSSR count). The minimum Gasteiger partial charge on any atom is -0.315 e. The predicted molar refractivity (Wildman–Crippen MR) is 148 cm³/mol. The van der Waals surface area contributed by atoms with E-state index in [1.54, 1.807) is 28.9 Å². The molecule has 184 valence electrons. The standard InChI is InChI=1S/C27H25BrClN5O2/c1-2-16-33(27(36)30-22-12-8-20(28)9-13-22)18-26(35)31-25-17-24(19-6-4-3-5-7-19)32-34(25)23-14-10-21(29)11-15-23/h3-15,17H,2,16,18H2,1H3,(H,30,36)(H,31,35). The van der Waals surface area contributed by atoms with Gasteiger partial charge >= 0.3 is 6.03 Å². The Morgan fingerprint density at radius 2 is 1.67 bits per heavy atom. The van der Waals surface area contributed by atoms with E-state index in [4.69, 9.17) is 16.7 Å². The lowest BCUT2D eigenvalue weighted by Crippen LogP contribution is -2.41. The summed E-state index contributed by atoms with van der Waals surface area (Å²) in [5, 5.41) is 11.1. The van der Waals surface area contributed by atoms with E-state index in [9.17, 15) is 9.59 Å². The summed E-state index contributed by atoms with van der Waals surface area (Å²) in [5.74, 6) is 0.162. The summed E-state index contributed by atoms with van der Waals surface area (Å²) >= 11 is 9.44. The Kier molecular flexibility index (Phi) is 8.40. The molecule has 1 heterocycles. The molecule has 7 nitrogen and oxygen atoms in total. The number of anilines is 2. The minimum absolute atomic E-state index is 0.108. The Hall–Kier alpha value is -3.62. The van der Waals surface area contributed by atoms with E-state index in [0.29, 0.717) is 35.2 Å². The number of carbonyl (C=O) groups is 2. The third-order valence-corrected chi connectivity index (χ3v) is 6.11. The van der Waals surface area contributed by atoms with Crippen LogP contribution in [-0.2, 0) is 4.79 Å². The van der Waals surface area contributed by atoms with Gasteiger partial charge in [-0.05, 0) is 55.0 Å². The first-order chi connectivity index (χ1) is 17.4. The maximum Gasteiger partial charge on any atom is 0.322 e. The Morgan fingerprint density at radius 3 is 2.33 bits per heavy atom. The largest absolute Gasteiger partial charge is 0.322 e. The quantitative estimate of drug-likeness (QED) is 0.245. The van der Waals surface area contributed by atoms with Gasteiger partial charge in [0.1, 0.15) is 12.4 Å². The van der Waals surface area contributed by atoms with Crippen LogP contribution < -0.4 is 10.6 Å². The highest BCUT2D eigenvalue weighted by Crippen LogP contribution is 2.25. The van der Waals surface area contributed by atoms with Gasteiger partial charge in [-0.2, -0.15) is 5.10 Å². The molecule has 0 saturated carbocycles. The van der Waals surface area contributed by atoms with Crippen LogP contribution in [0.15, 0.2) is 89.4 Å². The van der Waals surface area contributed by atoms with Crippen molar-refractivity contribution in [3.63, 3.8) is 0 Å². The second-order valence-corrected chi connectivity index (χ2v) is 9.43. The summed E-state index contributed by atoms with van der Waals surface area (Å²) in [6.07, 6.45) is 0.710. The summed E-state index contributed by atoms with van der Waals surface area (Å²) < 4.78 is 2.57. The molecule has 0 spiro atoms. The molecule has 0 aliphatic rings. The van der Waals surface area contributed by atoms with Crippen LogP contribution in [0.5, 0.6) is 0 Å². The van der Waals surface area contributed by atoms with Crippen LogP contribution in [0.3, 0.4) is 0 Å². The Morgan fingerprint density at radius 1 is 0.972 bits per heavy atom. The molecular weight excluding hydrogens is 542 g/mol. The lowest BCUT2D eigenvalue weighted by molar-refractivity contribution is -0.116.